The van der Waals surface area contributed by atoms with Crippen LogP contribution in [0.15, 0.2) is 12.2 Å². The number of hydrogen-bond donors (Lipinski definition) is 0. The smallest absolute Gasteiger partial charge is 0.333 e. The van der Waals surface area contributed by atoms with Crippen LogP contribution in [-0.4, -0.2) is 42.8 Å². The van der Waals surface area contributed by atoms with Gasteiger partial charge in [-0.15, -0.1) is 0 Å². The van der Waals surface area contributed by atoms with E-state index >= 15 is 0 Å². The van der Waals surface area contributed by atoms with Gasteiger partial charge in [-0.25, -0.2) is 4.79 Å². The van der Waals surface area contributed by atoms with Gasteiger partial charge in [0.1, 0.15) is 20.2 Å². The molecule has 0 radical (unpaired) electrons. The molecule has 0 unspecified atom stereocenters. The minimum atomic E-state index is -0.639. The van der Waals surface area contributed by atoms with Crippen molar-refractivity contribution in [2.24, 2.45) is 0 Å². The minimum Gasteiger partial charge on any atom is -0.462 e. The van der Waals surface area contributed by atoms with E-state index < -0.39 is 19.8 Å². The zero-order valence-corrected chi connectivity index (χ0v) is 13.7. The second kappa shape index (κ2) is 9.34. The highest BCUT2D eigenvalue weighted by molar-refractivity contribution is 6.41. The summed E-state index contributed by atoms with van der Waals surface area (Å²) in [6, 6.07) is 1.04. The molecule has 0 aliphatic rings. The summed E-state index contributed by atoms with van der Waals surface area (Å²) in [6.45, 7) is 5.62. The Hall–Kier alpha value is -0.219. The van der Waals surface area contributed by atoms with E-state index in [9.17, 15) is 4.79 Å². The first-order valence-corrected chi connectivity index (χ1v) is 8.12. The van der Waals surface area contributed by atoms with Crippen molar-refractivity contribution < 1.29 is 17.8 Å². The molecular weight excluding hydrogens is 232 g/mol. The lowest BCUT2D eigenvalue weighted by molar-refractivity contribution is -0.138. The summed E-state index contributed by atoms with van der Waals surface area (Å²) < 4.78 is 15.3. The molecule has 0 atom stereocenters. The molecule has 0 heterocycles. The molecule has 0 N–H and O–H groups in total. The van der Waals surface area contributed by atoms with Crippen LogP contribution in [0.1, 0.15) is 13.3 Å². The van der Waals surface area contributed by atoms with E-state index in [-0.39, 0.29) is 5.97 Å². The summed E-state index contributed by atoms with van der Waals surface area (Å²) >= 11 is 0. The molecule has 0 fully saturated rings. The van der Waals surface area contributed by atoms with E-state index in [0.29, 0.717) is 12.2 Å². The Bertz CT molecular complexity index is 186. The van der Waals surface area contributed by atoms with Crippen LogP contribution in [-0.2, 0) is 17.8 Å². The predicted octanol–water partition coefficient (Wildman–Crippen LogP) is -1.69. The standard InChI is InChI=1S/C7H18O4Si3/c1-6(2)7(8)9-4-3-5-13-11-14-10-12/h1,3-5,13-14H2,2,12H3. The fourth-order valence-electron chi connectivity index (χ4n) is 0.737. The normalized spacial score (nSPS) is 11.8. The molecule has 0 amide bonds. The second-order valence-corrected chi connectivity index (χ2v) is 8.23. The molecule has 0 aliphatic carbocycles. The Morgan fingerprint density at radius 2 is 2.29 bits per heavy atom. The quantitative estimate of drug-likeness (QED) is 0.223. The molecule has 0 spiro atoms. The first-order chi connectivity index (χ1) is 6.68. The van der Waals surface area contributed by atoms with Gasteiger partial charge in [0.15, 0.2) is 0 Å². The number of hydrogen-bond acceptors (Lipinski definition) is 4. The average Bonchev–Trinajstić information content (AvgIpc) is 2.16. The van der Waals surface area contributed by atoms with Crippen LogP contribution in [0.4, 0.5) is 0 Å². The Labute approximate surface area is 92.6 Å². The van der Waals surface area contributed by atoms with Crippen LogP contribution in [0.5, 0.6) is 0 Å². The van der Waals surface area contributed by atoms with Crippen LogP contribution in [0.3, 0.4) is 0 Å². The maximum atomic E-state index is 10.9. The van der Waals surface area contributed by atoms with Gasteiger partial charge in [0, 0.05) is 5.57 Å². The molecule has 0 aromatic rings. The number of esters is 1. The molecule has 0 bridgehead atoms. The molecule has 7 heteroatoms. The molecule has 0 aliphatic heterocycles. The van der Waals surface area contributed by atoms with Crippen LogP contribution >= 0.6 is 0 Å². The average molecular weight is 250 g/mol. The van der Waals surface area contributed by atoms with E-state index in [1.54, 1.807) is 6.92 Å². The second-order valence-electron chi connectivity index (χ2n) is 2.94. The van der Waals surface area contributed by atoms with Gasteiger partial charge in [0.25, 0.3) is 10.0 Å². The van der Waals surface area contributed by atoms with Crippen LogP contribution in [0.25, 0.3) is 0 Å². The van der Waals surface area contributed by atoms with E-state index in [2.05, 4.69) is 6.58 Å². The molecule has 0 saturated heterocycles. The number of carbonyl (C=O) groups excluding carboxylic acids is 1. The third kappa shape index (κ3) is 8.38. The predicted molar refractivity (Wildman–Crippen MR) is 64.4 cm³/mol. The molecule has 0 saturated carbocycles. The van der Waals surface area contributed by atoms with Crippen LogP contribution < -0.4 is 0 Å². The van der Waals surface area contributed by atoms with E-state index in [0.717, 1.165) is 23.0 Å². The van der Waals surface area contributed by atoms with Gasteiger partial charge in [0.05, 0.1) is 6.61 Å². The Morgan fingerprint density at radius 3 is 2.86 bits per heavy atom. The summed E-state index contributed by atoms with van der Waals surface area (Å²) in [4.78, 5) is 10.9. The molecule has 14 heavy (non-hydrogen) atoms. The highest BCUT2D eigenvalue weighted by Gasteiger charge is 2.01. The fourth-order valence-corrected chi connectivity index (χ4v) is 4.60. The van der Waals surface area contributed by atoms with E-state index in [1.807, 2.05) is 0 Å². The maximum absolute atomic E-state index is 10.9. The number of ether oxygens (including phenoxy) is 1. The molecule has 4 nitrogen and oxygen atoms in total. The molecular formula is C7H18O4Si3. The summed E-state index contributed by atoms with van der Waals surface area (Å²) in [5, 5.41) is 0. The van der Waals surface area contributed by atoms with Crippen molar-refractivity contribution in [2.75, 3.05) is 6.61 Å². The van der Waals surface area contributed by atoms with Gasteiger partial charge in [-0.2, -0.15) is 0 Å². The number of carbonyl (C=O) groups is 1. The zero-order chi connectivity index (χ0) is 10.8. The summed E-state index contributed by atoms with van der Waals surface area (Å²) in [6.07, 6.45) is 0.890. The van der Waals surface area contributed by atoms with Crippen molar-refractivity contribution in [3.8, 4) is 0 Å². The molecule has 0 rings (SSSR count). The Balaban J connectivity index is 3.13. The highest BCUT2D eigenvalue weighted by Crippen LogP contribution is 1.95. The summed E-state index contributed by atoms with van der Waals surface area (Å²) in [5.41, 5.74) is 0.454. The van der Waals surface area contributed by atoms with Crippen molar-refractivity contribution in [3.05, 3.63) is 12.2 Å². The fraction of sp³-hybridized carbons (Fsp3) is 0.571. The Morgan fingerprint density at radius 1 is 1.57 bits per heavy atom. The van der Waals surface area contributed by atoms with Crippen LogP contribution in [0, 0.1) is 0 Å². The van der Waals surface area contributed by atoms with Crippen molar-refractivity contribution in [2.45, 2.75) is 19.4 Å². The van der Waals surface area contributed by atoms with Crippen LogP contribution in [0.2, 0.25) is 6.04 Å². The summed E-state index contributed by atoms with van der Waals surface area (Å²) in [5.74, 6) is -0.301. The van der Waals surface area contributed by atoms with Crippen molar-refractivity contribution >= 4 is 36.2 Å². The van der Waals surface area contributed by atoms with Gasteiger partial charge in [-0.1, -0.05) is 6.58 Å². The van der Waals surface area contributed by atoms with Gasteiger partial charge in [0.2, 0.25) is 0 Å². The van der Waals surface area contributed by atoms with Gasteiger partial charge < -0.3 is 13.0 Å². The van der Waals surface area contributed by atoms with Gasteiger partial charge in [-0.05, 0) is 19.4 Å². The lowest BCUT2D eigenvalue weighted by atomic mass is 10.4. The van der Waals surface area contributed by atoms with Crippen molar-refractivity contribution in [1.82, 2.24) is 0 Å². The molecule has 82 valence electrons. The monoisotopic (exact) mass is 250 g/mol. The minimum absolute atomic E-state index is 0.301. The maximum Gasteiger partial charge on any atom is 0.333 e. The molecule has 0 aromatic carbocycles. The lowest BCUT2D eigenvalue weighted by Gasteiger charge is -2.04. The van der Waals surface area contributed by atoms with E-state index in [1.165, 1.54) is 0 Å². The third-order valence-corrected chi connectivity index (χ3v) is 5.02. The van der Waals surface area contributed by atoms with Crippen molar-refractivity contribution in [1.29, 1.82) is 0 Å². The van der Waals surface area contributed by atoms with Crippen molar-refractivity contribution in [3.63, 3.8) is 0 Å². The molecule has 0 aromatic heterocycles. The topological polar surface area (TPSA) is 44.8 Å². The lowest BCUT2D eigenvalue weighted by Crippen LogP contribution is -2.09. The SMILES string of the molecule is C=C(C)C(=O)OCCC[SiH2]O[SiH2]O[SiH3]. The van der Waals surface area contributed by atoms with Gasteiger partial charge >= 0.3 is 5.97 Å². The first kappa shape index (κ1) is 13.8. The largest absolute Gasteiger partial charge is 0.462 e. The summed E-state index contributed by atoms with van der Waals surface area (Å²) in [7, 11) is -0.274. The number of rotatable bonds is 8. The van der Waals surface area contributed by atoms with Gasteiger partial charge in [-0.3, -0.25) is 0 Å². The van der Waals surface area contributed by atoms with E-state index in [4.69, 9.17) is 13.0 Å². The zero-order valence-electron chi connectivity index (χ0n) is 8.88. The third-order valence-electron chi connectivity index (χ3n) is 1.47. The highest BCUT2D eigenvalue weighted by atomic mass is 28.3. The first-order valence-electron chi connectivity index (χ1n) is 4.57. The Kier molecular flexibility index (Phi) is 9.19.